The molecular formula is C9H13N3O2. The zero-order chi connectivity index (χ0) is 10.4. The van der Waals surface area contributed by atoms with Crippen LogP contribution in [0.3, 0.4) is 0 Å². The molecule has 0 unspecified atom stereocenters. The van der Waals surface area contributed by atoms with Crippen LogP contribution < -0.4 is 5.73 Å². The molecule has 76 valence electrons. The molecule has 14 heavy (non-hydrogen) atoms. The van der Waals surface area contributed by atoms with Crippen LogP contribution in [0.2, 0.25) is 0 Å². The van der Waals surface area contributed by atoms with Crippen molar-refractivity contribution in [2.45, 2.75) is 19.8 Å². The van der Waals surface area contributed by atoms with Gasteiger partial charge in [0.2, 0.25) is 0 Å². The molecule has 0 aromatic carbocycles. The van der Waals surface area contributed by atoms with E-state index in [1.165, 1.54) is 12.4 Å². The van der Waals surface area contributed by atoms with Gasteiger partial charge >= 0.3 is 5.97 Å². The SMILES string of the molecule is CCOC(=O)CCc1ncc(N)cn1. The second kappa shape index (κ2) is 5.16. The standard InChI is InChI=1S/C9H13N3O2/c1-2-14-9(13)4-3-8-11-5-7(10)6-12-8/h5-6H,2-4,10H2,1H3. The summed E-state index contributed by atoms with van der Waals surface area (Å²) in [4.78, 5) is 18.9. The van der Waals surface area contributed by atoms with Gasteiger partial charge in [-0.1, -0.05) is 0 Å². The molecule has 0 spiro atoms. The fraction of sp³-hybridized carbons (Fsp3) is 0.444. The second-order valence-corrected chi connectivity index (χ2v) is 2.74. The van der Waals surface area contributed by atoms with E-state index in [0.717, 1.165) is 0 Å². The van der Waals surface area contributed by atoms with Crippen LogP contribution in [0.5, 0.6) is 0 Å². The number of aromatic nitrogens is 2. The van der Waals surface area contributed by atoms with Crippen LogP contribution in [0, 0.1) is 0 Å². The summed E-state index contributed by atoms with van der Waals surface area (Å²) in [7, 11) is 0. The molecule has 0 atom stereocenters. The van der Waals surface area contributed by atoms with Crippen molar-refractivity contribution >= 4 is 11.7 Å². The van der Waals surface area contributed by atoms with E-state index < -0.39 is 0 Å². The Morgan fingerprint density at radius 3 is 2.71 bits per heavy atom. The van der Waals surface area contributed by atoms with E-state index in [2.05, 4.69) is 9.97 Å². The van der Waals surface area contributed by atoms with Crippen molar-refractivity contribution in [3.8, 4) is 0 Å². The number of hydrogen-bond acceptors (Lipinski definition) is 5. The van der Waals surface area contributed by atoms with Gasteiger partial charge in [-0.25, -0.2) is 9.97 Å². The first-order valence-electron chi connectivity index (χ1n) is 4.44. The van der Waals surface area contributed by atoms with Crippen molar-refractivity contribution in [2.24, 2.45) is 0 Å². The van der Waals surface area contributed by atoms with Crippen LogP contribution in [0.1, 0.15) is 19.2 Å². The molecule has 1 aromatic rings. The third-order valence-electron chi connectivity index (χ3n) is 1.58. The molecule has 2 N–H and O–H groups in total. The molecule has 0 saturated heterocycles. The van der Waals surface area contributed by atoms with Gasteiger partial charge in [0.15, 0.2) is 0 Å². The summed E-state index contributed by atoms with van der Waals surface area (Å²) in [5.74, 6) is 0.375. The van der Waals surface area contributed by atoms with Gasteiger partial charge in [0.05, 0.1) is 31.1 Å². The highest BCUT2D eigenvalue weighted by molar-refractivity contribution is 5.69. The molecule has 0 amide bonds. The first kappa shape index (κ1) is 10.4. The minimum absolute atomic E-state index is 0.229. The Morgan fingerprint density at radius 2 is 2.14 bits per heavy atom. The lowest BCUT2D eigenvalue weighted by molar-refractivity contribution is -0.143. The van der Waals surface area contributed by atoms with Gasteiger partial charge in [-0.15, -0.1) is 0 Å². The lowest BCUT2D eigenvalue weighted by atomic mass is 10.3. The number of carbonyl (C=O) groups is 1. The molecule has 0 fully saturated rings. The Hall–Kier alpha value is -1.65. The minimum atomic E-state index is -0.229. The Morgan fingerprint density at radius 1 is 1.50 bits per heavy atom. The van der Waals surface area contributed by atoms with Crippen molar-refractivity contribution in [2.75, 3.05) is 12.3 Å². The molecule has 0 bridgehead atoms. The van der Waals surface area contributed by atoms with Crippen LogP contribution >= 0.6 is 0 Å². The summed E-state index contributed by atoms with van der Waals surface area (Å²) in [5, 5.41) is 0. The number of carbonyl (C=O) groups excluding carboxylic acids is 1. The van der Waals surface area contributed by atoms with E-state index in [9.17, 15) is 4.79 Å². The Balaban J connectivity index is 2.38. The first-order chi connectivity index (χ1) is 6.72. The number of rotatable bonds is 4. The van der Waals surface area contributed by atoms with Crippen molar-refractivity contribution in [3.63, 3.8) is 0 Å². The van der Waals surface area contributed by atoms with Gasteiger partial charge in [0.25, 0.3) is 0 Å². The molecule has 0 saturated carbocycles. The Bertz CT molecular complexity index is 297. The quantitative estimate of drug-likeness (QED) is 0.710. The van der Waals surface area contributed by atoms with Gasteiger partial charge in [-0.2, -0.15) is 0 Å². The Kier molecular flexibility index (Phi) is 3.84. The highest BCUT2D eigenvalue weighted by Gasteiger charge is 2.03. The number of nitrogens with zero attached hydrogens (tertiary/aromatic N) is 2. The third-order valence-corrected chi connectivity index (χ3v) is 1.58. The molecule has 0 aliphatic rings. The van der Waals surface area contributed by atoms with Crippen LogP contribution in [0.4, 0.5) is 5.69 Å². The van der Waals surface area contributed by atoms with Crippen LogP contribution in [-0.4, -0.2) is 22.5 Å². The fourth-order valence-corrected chi connectivity index (χ4v) is 0.941. The van der Waals surface area contributed by atoms with Crippen LogP contribution in [0.25, 0.3) is 0 Å². The average molecular weight is 195 g/mol. The first-order valence-corrected chi connectivity index (χ1v) is 4.44. The average Bonchev–Trinajstić information content (AvgIpc) is 2.17. The van der Waals surface area contributed by atoms with Crippen molar-refractivity contribution in [1.82, 2.24) is 9.97 Å². The molecule has 1 heterocycles. The lowest BCUT2D eigenvalue weighted by Crippen LogP contribution is -2.07. The third kappa shape index (κ3) is 3.38. The topological polar surface area (TPSA) is 78.1 Å². The number of aryl methyl sites for hydroxylation is 1. The van der Waals surface area contributed by atoms with Crippen LogP contribution in [-0.2, 0) is 16.0 Å². The summed E-state index contributed by atoms with van der Waals surface area (Å²) in [6.45, 7) is 2.18. The number of esters is 1. The Labute approximate surface area is 82.3 Å². The molecule has 1 rings (SSSR count). The highest BCUT2D eigenvalue weighted by atomic mass is 16.5. The summed E-state index contributed by atoms with van der Waals surface area (Å²) in [5.41, 5.74) is 5.93. The predicted molar refractivity (Wildman–Crippen MR) is 51.4 cm³/mol. The van der Waals surface area contributed by atoms with Crippen molar-refractivity contribution in [3.05, 3.63) is 18.2 Å². The minimum Gasteiger partial charge on any atom is -0.466 e. The lowest BCUT2D eigenvalue weighted by Gasteiger charge is -2.00. The fourth-order valence-electron chi connectivity index (χ4n) is 0.941. The van der Waals surface area contributed by atoms with Crippen molar-refractivity contribution < 1.29 is 9.53 Å². The normalized spacial score (nSPS) is 9.79. The van der Waals surface area contributed by atoms with E-state index in [1.807, 2.05) is 0 Å². The van der Waals surface area contributed by atoms with Gasteiger partial charge in [-0.05, 0) is 6.92 Å². The maximum atomic E-state index is 11.0. The van der Waals surface area contributed by atoms with E-state index in [-0.39, 0.29) is 5.97 Å². The number of ether oxygens (including phenoxy) is 1. The summed E-state index contributed by atoms with van der Waals surface area (Å²) in [6.07, 6.45) is 3.83. The van der Waals surface area contributed by atoms with Crippen molar-refractivity contribution in [1.29, 1.82) is 0 Å². The van der Waals surface area contributed by atoms with E-state index >= 15 is 0 Å². The molecule has 5 heteroatoms. The van der Waals surface area contributed by atoms with Gasteiger partial charge in [0.1, 0.15) is 5.82 Å². The van der Waals surface area contributed by atoms with E-state index in [4.69, 9.17) is 10.5 Å². The largest absolute Gasteiger partial charge is 0.466 e. The van der Waals surface area contributed by atoms with Gasteiger partial charge in [-0.3, -0.25) is 4.79 Å². The molecule has 0 aliphatic heterocycles. The molecular weight excluding hydrogens is 182 g/mol. The smallest absolute Gasteiger partial charge is 0.306 e. The molecule has 0 aliphatic carbocycles. The second-order valence-electron chi connectivity index (χ2n) is 2.74. The predicted octanol–water partition coefficient (Wildman–Crippen LogP) is 0.555. The monoisotopic (exact) mass is 195 g/mol. The maximum Gasteiger partial charge on any atom is 0.306 e. The van der Waals surface area contributed by atoms with Gasteiger partial charge in [0, 0.05) is 6.42 Å². The number of nitrogens with two attached hydrogens (primary N) is 1. The zero-order valence-corrected chi connectivity index (χ0v) is 8.06. The van der Waals surface area contributed by atoms with Gasteiger partial charge < -0.3 is 10.5 Å². The maximum absolute atomic E-state index is 11.0. The van der Waals surface area contributed by atoms with E-state index in [0.29, 0.717) is 31.0 Å². The summed E-state index contributed by atoms with van der Waals surface area (Å²) >= 11 is 0. The summed E-state index contributed by atoms with van der Waals surface area (Å²) < 4.78 is 4.77. The van der Waals surface area contributed by atoms with E-state index in [1.54, 1.807) is 6.92 Å². The molecule has 1 aromatic heterocycles. The summed E-state index contributed by atoms with van der Waals surface area (Å²) in [6, 6.07) is 0. The zero-order valence-electron chi connectivity index (χ0n) is 8.06. The number of nitrogen functional groups attached to an aromatic ring is 1. The van der Waals surface area contributed by atoms with Crippen LogP contribution in [0.15, 0.2) is 12.4 Å². The number of hydrogen-bond donors (Lipinski definition) is 1. The number of anilines is 1. The molecule has 0 radical (unpaired) electrons. The highest BCUT2D eigenvalue weighted by Crippen LogP contribution is 2.00. The molecule has 5 nitrogen and oxygen atoms in total.